The highest BCUT2D eigenvalue weighted by atomic mass is 19.1. The molecule has 0 fully saturated rings. The summed E-state index contributed by atoms with van der Waals surface area (Å²) in [6.07, 6.45) is 2.85. The van der Waals surface area contributed by atoms with Crippen LogP contribution in [0.4, 0.5) is 15.0 Å². The first-order valence-corrected chi connectivity index (χ1v) is 6.09. The van der Waals surface area contributed by atoms with Gasteiger partial charge in [0.1, 0.15) is 18.0 Å². The molecule has 104 valence electrons. The highest BCUT2D eigenvalue weighted by molar-refractivity contribution is 5.88. The van der Waals surface area contributed by atoms with E-state index in [9.17, 15) is 9.18 Å². The normalized spacial score (nSPS) is 10.9. The summed E-state index contributed by atoms with van der Waals surface area (Å²) in [5, 5.41) is 5.28. The Balaban J connectivity index is 2.09. The van der Waals surface area contributed by atoms with E-state index in [1.807, 2.05) is 0 Å². The second-order valence-electron chi connectivity index (χ2n) is 4.78. The van der Waals surface area contributed by atoms with E-state index in [0.717, 1.165) is 0 Å². The van der Waals surface area contributed by atoms with E-state index in [1.54, 1.807) is 38.1 Å². The molecule has 1 heterocycles. The van der Waals surface area contributed by atoms with E-state index < -0.39 is 11.6 Å². The number of urea groups is 1. The van der Waals surface area contributed by atoms with Crippen molar-refractivity contribution in [2.75, 3.05) is 5.32 Å². The molecule has 1 aromatic heterocycles. The SMILES string of the molecule is CC(C)(NC(=O)Nc1ccncn1)c1ccccc1F. The Morgan fingerprint density at radius 3 is 2.65 bits per heavy atom. The Kier molecular flexibility index (Phi) is 3.93. The lowest BCUT2D eigenvalue weighted by atomic mass is 9.94. The van der Waals surface area contributed by atoms with Gasteiger partial charge in [0.05, 0.1) is 5.54 Å². The number of nitrogens with one attached hydrogen (secondary N) is 2. The summed E-state index contributed by atoms with van der Waals surface area (Å²) in [6, 6.07) is 7.44. The Hall–Kier alpha value is -2.50. The minimum absolute atomic E-state index is 0.361. The van der Waals surface area contributed by atoms with Crippen LogP contribution >= 0.6 is 0 Å². The number of amides is 2. The number of hydrogen-bond donors (Lipinski definition) is 2. The highest BCUT2D eigenvalue weighted by Gasteiger charge is 2.25. The molecule has 5 nitrogen and oxygen atoms in total. The Labute approximate surface area is 116 Å². The lowest BCUT2D eigenvalue weighted by Crippen LogP contribution is -2.44. The second kappa shape index (κ2) is 5.64. The third-order valence-electron chi connectivity index (χ3n) is 2.80. The predicted octanol–water partition coefficient (Wildman–Crippen LogP) is 2.67. The first-order valence-electron chi connectivity index (χ1n) is 6.09. The van der Waals surface area contributed by atoms with Gasteiger partial charge in [0.25, 0.3) is 0 Å². The molecule has 0 atom stereocenters. The fraction of sp³-hybridized carbons (Fsp3) is 0.214. The summed E-state index contributed by atoms with van der Waals surface area (Å²) in [7, 11) is 0. The lowest BCUT2D eigenvalue weighted by molar-refractivity contribution is 0.241. The molecule has 6 heteroatoms. The van der Waals surface area contributed by atoms with Gasteiger partial charge in [-0.15, -0.1) is 0 Å². The van der Waals surface area contributed by atoms with Gasteiger partial charge in [0.2, 0.25) is 0 Å². The zero-order valence-electron chi connectivity index (χ0n) is 11.2. The molecule has 0 aliphatic heterocycles. The fourth-order valence-corrected chi connectivity index (χ4v) is 1.83. The molecule has 0 aliphatic carbocycles. The van der Waals surface area contributed by atoms with E-state index in [0.29, 0.717) is 11.4 Å². The maximum Gasteiger partial charge on any atom is 0.321 e. The molecule has 0 aliphatic rings. The number of benzene rings is 1. The van der Waals surface area contributed by atoms with Crippen LogP contribution < -0.4 is 10.6 Å². The summed E-state index contributed by atoms with van der Waals surface area (Å²) >= 11 is 0. The maximum atomic E-state index is 13.8. The van der Waals surface area contributed by atoms with Gasteiger partial charge in [0, 0.05) is 11.8 Å². The van der Waals surface area contributed by atoms with Gasteiger partial charge < -0.3 is 5.32 Å². The molecule has 0 radical (unpaired) electrons. The van der Waals surface area contributed by atoms with Gasteiger partial charge >= 0.3 is 6.03 Å². The van der Waals surface area contributed by atoms with Crippen LogP contribution in [0, 0.1) is 5.82 Å². The summed E-state index contributed by atoms with van der Waals surface area (Å²) in [5.41, 5.74) is -0.430. The minimum atomic E-state index is -0.845. The molecule has 1 aromatic carbocycles. The molecule has 0 unspecified atom stereocenters. The number of nitrogens with zero attached hydrogens (tertiary/aromatic N) is 2. The fourth-order valence-electron chi connectivity index (χ4n) is 1.83. The molecular formula is C14H15FN4O. The van der Waals surface area contributed by atoms with E-state index in [4.69, 9.17) is 0 Å². The van der Waals surface area contributed by atoms with Gasteiger partial charge in [-0.3, -0.25) is 5.32 Å². The van der Waals surface area contributed by atoms with Crippen LogP contribution in [0.15, 0.2) is 42.9 Å². The largest absolute Gasteiger partial charge is 0.329 e. The van der Waals surface area contributed by atoms with Crippen LogP contribution in [0.1, 0.15) is 19.4 Å². The van der Waals surface area contributed by atoms with Crippen LogP contribution in [0.3, 0.4) is 0 Å². The molecule has 2 aromatic rings. The number of aromatic nitrogens is 2. The van der Waals surface area contributed by atoms with Gasteiger partial charge in [0.15, 0.2) is 0 Å². The van der Waals surface area contributed by atoms with Crippen molar-refractivity contribution in [2.24, 2.45) is 0 Å². The van der Waals surface area contributed by atoms with Crippen LogP contribution in [-0.2, 0) is 5.54 Å². The minimum Gasteiger partial charge on any atom is -0.329 e. The van der Waals surface area contributed by atoms with Crippen molar-refractivity contribution in [3.63, 3.8) is 0 Å². The zero-order chi connectivity index (χ0) is 14.6. The van der Waals surface area contributed by atoms with Crippen molar-refractivity contribution in [2.45, 2.75) is 19.4 Å². The van der Waals surface area contributed by atoms with E-state index >= 15 is 0 Å². The van der Waals surface area contributed by atoms with Crippen LogP contribution in [0.5, 0.6) is 0 Å². The molecule has 2 amide bonds. The van der Waals surface area contributed by atoms with Crippen molar-refractivity contribution in [1.29, 1.82) is 0 Å². The summed E-state index contributed by atoms with van der Waals surface area (Å²) < 4.78 is 13.8. The predicted molar refractivity (Wildman–Crippen MR) is 73.6 cm³/mol. The topological polar surface area (TPSA) is 66.9 Å². The molecule has 0 bridgehead atoms. The van der Waals surface area contributed by atoms with Crippen molar-refractivity contribution >= 4 is 11.8 Å². The van der Waals surface area contributed by atoms with Crippen molar-refractivity contribution in [3.8, 4) is 0 Å². The third kappa shape index (κ3) is 3.28. The molecule has 0 spiro atoms. The number of rotatable bonds is 3. The number of carbonyl (C=O) groups excluding carboxylic acids is 1. The summed E-state index contributed by atoms with van der Waals surface area (Å²) in [6.45, 7) is 3.45. The quantitative estimate of drug-likeness (QED) is 0.904. The Morgan fingerprint density at radius 1 is 1.25 bits per heavy atom. The maximum absolute atomic E-state index is 13.8. The molecule has 20 heavy (non-hydrogen) atoms. The average molecular weight is 274 g/mol. The number of halogens is 1. The van der Waals surface area contributed by atoms with Gasteiger partial charge in [-0.2, -0.15) is 0 Å². The van der Waals surface area contributed by atoms with Crippen molar-refractivity contribution < 1.29 is 9.18 Å². The third-order valence-corrected chi connectivity index (χ3v) is 2.80. The monoisotopic (exact) mass is 274 g/mol. The Bertz CT molecular complexity index is 601. The molecule has 2 N–H and O–H groups in total. The van der Waals surface area contributed by atoms with Gasteiger partial charge in [-0.25, -0.2) is 19.2 Å². The smallest absolute Gasteiger partial charge is 0.321 e. The molecule has 2 rings (SSSR count). The summed E-state index contributed by atoms with van der Waals surface area (Å²) in [5.74, 6) is 0.0154. The highest BCUT2D eigenvalue weighted by Crippen LogP contribution is 2.22. The van der Waals surface area contributed by atoms with E-state index in [2.05, 4.69) is 20.6 Å². The van der Waals surface area contributed by atoms with Crippen molar-refractivity contribution in [1.82, 2.24) is 15.3 Å². The van der Waals surface area contributed by atoms with Gasteiger partial charge in [-0.1, -0.05) is 18.2 Å². The number of carbonyl (C=O) groups is 1. The second-order valence-corrected chi connectivity index (χ2v) is 4.78. The van der Waals surface area contributed by atoms with Crippen LogP contribution in [0.2, 0.25) is 0 Å². The van der Waals surface area contributed by atoms with Crippen LogP contribution in [0.25, 0.3) is 0 Å². The van der Waals surface area contributed by atoms with Crippen LogP contribution in [-0.4, -0.2) is 16.0 Å². The lowest BCUT2D eigenvalue weighted by Gasteiger charge is -2.27. The first kappa shape index (κ1) is 13.9. The van der Waals surface area contributed by atoms with Gasteiger partial charge in [-0.05, 0) is 26.0 Å². The molecule has 0 saturated carbocycles. The van der Waals surface area contributed by atoms with E-state index in [1.165, 1.54) is 18.6 Å². The number of hydrogen-bond acceptors (Lipinski definition) is 3. The standard InChI is InChI=1S/C14H15FN4O/c1-14(2,10-5-3-4-6-11(10)15)19-13(20)18-12-7-8-16-9-17-12/h3-9H,1-2H3,(H2,16,17,18,19,20). The average Bonchev–Trinajstić information content (AvgIpc) is 2.39. The summed E-state index contributed by atoms with van der Waals surface area (Å²) in [4.78, 5) is 19.5. The zero-order valence-corrected chi connectivity index (χ0v) is 11.2. The van der Waals surface area contributed by atoms with E-state index in [-0.39, 0.29) is 5.82 Å². The molecule has 0 saturated heterocycles. The Morgan fingerprint density at radius 2 is 2.00 bits per heavy atom. The first-order chi connectivity index (χ1) is 9.49. The van der Waals surface area contributed by atoms with Crippen molar-refractivity contribution in [3.05, 3.63) is 54.2 Å². The molecular weight excluding hydrogens is 259 g/mol. The number of anilines is 1.